The van der Waals surface area contributed by atoms with Gasteiger partial charge in [-0.05, 0) is 162 Å². The molecule has 8 aromatic carbocycles. The van der Waals surface area contributed by atoms with Gasteiger partial charge in [0.1, 0.15) is 11.2 Å². The number of rotatable bonds is 4. The maximum absolute atomic E-state index is 7.45. The SMILES string of the molecule is CC(C)(C)c1ccc(N2B3c4cc(C(C)(C)C)ccc4-n4c5cc(N(c6ccc(C(C)(C)C)cc6)c6ccc(C(C)(C)C)cc6)ccc5c5c6c(oc7ccccc76)c(c3c54)-c3cc4c(cc32)C(C)(C)CCC4(C)C)cc1. The van der Waals surface area contributed by atoms with Crippen LogP contribution in [0.5, 0.6) is 0 Å². The molecule has 5 heteroatoms. The molecule has 0 atom stereocenters. The van der Waals surface area contributed by atoms with Crippen molar-refractivity contribution in [3.8, 4) is 16.8 Å². The van der Waals surface area contributed by atoms with Crippen LogP contribution in [-0.4, -0.2) is 11.4 Å². The Labute approximate surface area is 458 Å². The fraction of sp³-hybridized carbons (Fsp3) is 0.333. The number of anilines is 5. The Hall–Kier alpha value is -6.98. The van der Waals surface area contributed by atoms with Gasteiger partial charge >= 0.3 is 6.85 Å². The van der Waals surface area contributed by atoms with Crippen molar-refractivity contribution in [1.82, 2.24) is 4.57 Å². The average molecular weight is 1010 g/mol. The predicted octanol–water partition coefficient (Wildman–Crippen LogP) is 18.9. The summed E-state index contributed by atoms with van der Waals surface area (Å²) >= 11 is 0. The number of fused-ring (bicyclic) bond motifs is 14. The number of para-hydroxylation sites is 1. The molecule has 388 valence electrons. The van der Waals surface area contributed by atoms with Gasteiger partial charge in [-0.3, -0.25) is 0 Å². The third-order valence-corrected chi connectivity index (χ3v) is 18.3. The average Bonchev–Trinajstić information content (AvgIpc) is 2.89. The lowest BCUT2D eigenvalue weighted by Crippen LogP contribution is -2.61. The normalized spacial score (nSPS) is 15.8. The highest BCUT2D eigenvalue weighted by molar-refractivity contribution is 6.94. The number of hydrogen-bond donors (Lipinski definition) is 0. The Balaban J connectivity index is 1.20. The third kappa shape index (κ3) is 7.52. The highest BCUT2D eigenvalue weighted by Gasteiger charge is 2.48. The molecule has 77 heavy (non-hydrogen) atoms. The Morgan fingerprint density at radius 1 is 0.494 bits per heavy atom. The Kier molecular flexibility index (Phi) is 10.5. The van der Waals surface area contributed by atoms with Gasteiger partial charge in [0.15, 0.2) is 0 Å². The molecule has 0 bridgehead atoms. The fourth-order valence-corrected chi connectivity index (χ4v) is 13.5. The van der Waals surface area contributed by atoms with Gasteiger partial charge in [0.25, 0.3) is 0 Å². The monoisotopic (exact) mass is 1010 g/mol. The summed E-state index contributed by atoms with van der Waals surface area (Å²) in [5, 5.41) is 4.82. The molecule has 0 spiro atoms. The van der Waals surface area contributed by atoms with Gasteiger partial charge in [-0.25, -0.2) is 0 Å². The fourth-order valence-electron chi connectivity index (χ4n) is 13.5. The van der Waals surface area contributed by atoms with Crippen LogP contribution < -0.4 is 20.6 Å². The van der Waals surface area contributed by atoms with Gasteiger partial charge in [0.2, 0.25) is 0 Å². The number of hydrogen-bond acceptors (Lipinski definition) is 3. The first kappa shape index (κ1) is 49.6. The number of nitrogens with zero attached hydrogens (tertiary/aromatic N) is 3. The van der Waals surface area contributed by atoms with Crippen LogP contribution >= 0.6 is 0 Å². The molecule has 0 fully saturated rings. The molecule has 2 aromatic heterocycles. The van der Waals surface area contributed by atoms with E-state index in [9.17, 15) is 0 Å². The highest BCUT2D eigenvalue weighted by Crippen LogP contribution is 2.56. The second kappa shape index (κ2) is 16.3. The van der Waals surface area contributed by atoms with E-state index in [-0.39, 0.29) is 39.3 Å². The first-order valence-electron chi connectivity index (χ1n) is 28.4. The summed E-state index contributed by atoms with van der Waals surface area (Å²) < 4.78 is 10.1. The zero-order valence-corrected chi connectivity index (χ0v) is 48.6. The Bertz CT molecular complexity index is 4000. The minimum Gasteiger partial charge on any atom is -0.455 e. The van der Waals surface area contributed by atoms with Crippen molar-refractivity contribution in [1.29, 1.82) is 0 Å². The molecule has 1 aliphatic carbocycles. The van der Waals surface area contributed by atoms with Crippen LogP contribution in [0.15, 0.2) is 150 Å². The lowest BCUT2D eigenvalue weighted by Gasteiger charge is -2.46. The summed E-state index contributed by atoms with van der Waals surface area (Å²) in [4.78, 5) is 5.19. The van der Waals surface area contributed by atoms with E-state index < -0.39 is 0 Å². The van der Waals surface area contributed by atoms with Crippen LogP contribution in [0, 0.1) is 0 Å². The molecule has 0 saturated heterocycles. The molecule has 0 amide bonds. The van der Waals surface area contributed by atoms with Gasteiger partial charge in [-0.2, -0.15) is 0 Å². The molecule has 4 heterocycles. The lowest BCUT2D eigenvalue weighted by atomic mass is 9.43. The van der Waals surface area contributed by atoms with Crippen molar-refractivity contribution in [3.05, 3.63) is 179 Å². The van der Waals surface area contributed by atoms with E-state index in [2.05, 4.69) is 271 Å². The predicted molar refractivity (Wildman–Crippen MR) is 332 cm³/mol. The summed E-state index contributed by atoms with van der Waals surface area (Å²) in [5.41, 5.74) is 24.7. The van der Waals surface area contributed by atoms with Crippen LogP contribution in [0.2, 0.25) is 0 Å². The van der Waals surface area contributed by atoms with E-state index in [1.165, 1.54) is 99.7 Å². The van der Waals surface area contributed by atoms with Crippen LogP contribution in [-0.2, 0) is 32.5 Å². The number of aromatic nitrogens is 1. The van der Waals surface area contributed by atoms with Crippen molar-refractivity contribution >= 4 is 90.0 Å². The molecule has 0 saturated carbocycles. The zero-order valence-electron chi connectivity index (χ0n) is 48.6. The lowest BCUT2D eigenvalue weighted by molar-refractivity contribution is 0.332. The summed E-state index contributed by atoms with van der Waals surface area (Å²) in [6.07, 6.45) is 2.28. The van der Waals surface area contributed by atoms with E-state index in [1.54, 1.807) is 0 Å². The molecular formula is C72H76BN3O. The van der Waals surface area contributed by atoms with Crippen molar-refractivity contribution in [2.75, 3.05) is 9.71 Å². The van der Waals surface area contributed by atoms with Gasteiger partial charge in [-0.1, -0.05) is 184 Å². The van der Waals surface area contributed by atoms with E-state index >= 15 is 0 Å². The molecular weight excluding hydrogens is 934 g/mol. The summed E-state index contributed by atoms with van der Waals surface area (Å²) in [6, 6.07) is 56.7. The van der Waals surface area contributed by atoms with Crippen LogP contribution in [0.1, 0.15) is 157 Å². The van der Waals surface area contributed by atoms with Gasteiger partial charge in [0.05, 0.1) is 11.0 Å². The van der Waals surface area contributed by atoms with Gasteiger partial charge in [0, 0.05) is 66.8 Å². The quantitative estimate of drug-likeness (QED) is 0.164. The van der Waals surface area contributed by atoms with Crippen LogP contribution in [0.25, 0.3) is 60.6 Å². The largest absolute Gasteiger partial charge is 0.455 e. The van der Waals surface area contributed by atoms with E-state index in [0.717, 1.165) is 46.5 Å². The first-order chi connectivity index (χ1) is 36.2. The maximum atomic E-state index is 7.45. The summed E-state index contributed by atoms with van der Waals surface area (Å²) in [5.74, 6) is 0. The zero-order chi connectivity index (χ0) is 54.3. The van der Waals surface area contributed by atoms with Crippen molar-refractivity contribution in [2.24, 2.45) is 0 Å². The minimum atomic E-state index is -0.163. The van der Waals surface area contributed by atoms with Crippen molar-refractivity contribution < 1.29 is 4.42 Å². The highest BCUT2D eigenvalue weighted by atomic mass is 16.3. The van der Waals surface area contributed by atoms with Crippen molar-refractivity contribution in [3.63, 3.8) is 0 Å². The molecule has 0 N–H and O–H groups in total. The molecule has 0 unspecified atom stereocenters. The maximum Gasteiger partial charge on any atom is 0.333 e. The summed E-state index contributed by atoms with van der Waals surface area (Å²) in [7, 11) is 0. The molecule has 4 nitrogen and oxygen atoms in total. The second-order valence-corrected chi connectivity index (χ2v) is 28.6. The molecule has 2 aliphatic heterocycles. The minimum absolute atomic E-state index is 0.00421. The molecule has 10 aromatic rings. The molecule has 0 radical (unpaired) electrons. The van der Waals surface area contributed by atoms with Gasteiger partial charge in [-0.15, -0.1) is 0 Å². The number of benzene rings is 8. The molecule has 13 rings (SSSR count). The first-order valence-corrected chi connectivity index (χ1v) is 28.4. The van der Waals surface area contributed by atoms with E-state index in [1.807, 2.05) is 0 Å². The van der Waals surface area contributed by atoms with Crippen molar-refractivity contribution in [2.45, 2.75) is 156 Å². The van der Waals surface area contributed by atoms with Gasteiger partial charge < -0.3 is 18.7 Å². The smallest absolute Gasteiger partial charge is 0.333 e. The standard InChI is InChI=1S/C72H76BN3O/c1-67(2,3)43-21-28-47(29-22-43)74(48-30-23-44(24-31-48)68(4,5)6)50-34-35-51-58(40-50)75-57-36-27-46(70(10,11)12)39-56(57)73-64-63(66-62(61(51)65(64)75)52-19-17-18-20-60(52)77-66)53-41-54-55(72(15,16)38-37-71(54,13)14)42-59(53)76(73)49-32-25-45(26-33-49)69(7,8)9/h17-36,39-42H,37-38H2,1-16H3. The topological polar surface area (TPSA) is 24.6 Å². The number of furan rings is 1. The third-order valence-electron chi connectivity index (χ3n) is 18.3. The Morgan fingerprint density at radius 3 is 1.58 bits per heavy atom. The second-order valence-electron chi connectivity index (χ2n) is 28.6. The van der Waals surface area contributed by atoms with Crippen LogP contribution in [0.4, 0.5) is 28.4 Å². The van der Waals surface area contributed by atoms with E-state index in [0.29, 0.717) is 0 Å². The van der Waals surface area contributed by atoms with E-state index in [4.69, 9.17) is 4.42 Å². The Morgan fingerprint density at radius 2 is 1.01 bits per heavy atom. The summed E-state index contributed by atoms with van der Waals surface area (Å²) in [6.45, 7) is 37.5. The van der Waals surface area contributed by atoms with Crippen LogP contribution in [0.3, 0.4) is 0 Å². The molecule has 3 aliphatic rings.